The van der Waals surface area contributed by atoms with Crippen LogP contribution in [0.1, 0.15) is 60.3 Å². The van der Waals surface area contributed by atoms with Crippen LogP contribution >= 0.6 is 11.6 Å². The molecule has 0 aromatic heterocycles. The highest BCUT2D eigenvalue weighted by molar-refractivity contribution is 6.20. The Bertz CT molecular complexity index is 232. The third-order valence-electron chi connectivity index (χ3n) is 4.20. The summed E-state index contributed by atoms with van der Waals surface area (Å²) in [6.45, 7) is 13.2. The van der Waals surface area contributed by atoms with Gasteiger partial charge in [0, 0.05) is 18.6 Å². The summed E-state index contributed by atoms with van der Waals surface area (Å²) >= 11 is 6.48. The van der Waals surface area contributed by atoms with E-state index in [-0.39, 0.29) is 0 Å². The van der Waals surface area contributed by atoms with E-state index in [1.54, 1.807) is 0 Å². The molecule has 0 heterocycles. The smallest absolute Gasteiger partial charge is 0.0488 e. The average Bonchev–Trinajstić information content (AvgIpc) is 2.24. The van der Waals surface area contributed by atoms with Crippen molar-refractivity contribution in [1.82, 2.24) is 0 Å². The van der Waals surface area contributed by atoms with E-state index in [0.29, 0.717) is 22.6 Å². The third kappa shape index (κ3) is 5.48. The van der Waals surface area contributed by atoms with Gasteiger partial charge in [-0.3, -0.25) is 0 Å². The van der Waals surface area contributed by atoms with Gasteiger partial charge in [-0.2, -0.15) is 0 Å². The van der Waals surface area contributed by atoms with Crippen molar-refractivity contribution < 1.29 is 4.74 Å². The van der Waals surface area contributed by atoms with Crippen LogP contribution in [0.3, 0.4) is 0 Å². The SMILES string of the molecule is CC(C)COCCC1CC(C(C)(C)C)CCC1Cl. The number of hydrogen-bond acceptors (Lipinski definition) is 1. The van der Waals surface area contributed by atoms with Gasteiger partial charge < -0.3 is 4.74 Å². The first-order valence-electron chi connectivity index (χ1n) is 7.52. The fourth-order valence-electron chi connectivity index (χ4n) is 2.87. The molecule has 0 aromatic rings. The normalized spacial score (nSPS) is 29.8. The molecule has 18 heavy (non-hydrogen) atoms. The Morgan fingerprint density at radius 3 is 2.44 bits per heavy atom. The van der Waals surface area contributed by atoms with E-state index in [1.165, 1.54) is 19.3 Å². The molecule has 0 amide bonds. The Kier molecular flexibility index (Phi) is 6.47. The second-order valence-corrected chi connectivity index (χ2v) is 7.97. The van der Waals surface area contributed by atoms with Crippen LogP contribution in [-0.4, -0.2) is 18.6 Å². The van der Waals surface area contributed by atoms with Gasteiger partial charge in [-0.15, -0.1) is 11.6 Å². The van der Waals surface area contributed by atoms with Crippen molar-refractivity contribution in [2.24, 2.45) is 23.2 Å². The van der Waals surface area contributed by atoms with Crippen LogP contribution in [0.15, 0.2) is 0 Å². The molecular formula is C16H31ClO. The Labute approximate surface area is 119 Å². The van der Waals surface area contributed by atoms with Gasteiger partial charge in [0.25, 0.3) is 0 Å². The molecule has 0 N–H and O–H groups in total. The molecule has 2 heteroatoms. The molecule has 0 radical (unpaired) electrons. The molecule has 0 bridgehead atoms. The predicted octanol–water partition coefficient (Wildman–Crippen LogP) is 5.12. The summed E-state index contributed by atoms with van der Waals surface area (Å²) in [6, 6.07) is 0. The molecule has 0 aromatic carbocycles. The zero-order valence-electron chi connectivity index (χ0n) is 12.8. The van der Waals surface area contributed by atoms with Crippen LogP contribution in [0.5, 0.6) is 0 Å². The topological polar surface area (TPSA) is 9.23 Å². The van der Waals surface area contributed by atoms with Gasteiger partial charge >= 0.3 is 0 Å². The molecule has 1 rings (SSSR count). The maximum absolute atomic E-state index is 6.48. The Balaban J connectivity index is 2.34. The number of halogens is 1. The molecule has 1 saturated carbocycles. The molecule has 3 atom stereocenters. The minimum absolute atomic E-state index is 0.367. The fourth-order valence-corrected chi connectivity index (χ4v) is 3.22. The Hall–Kier alpha value is 0.250. The minimum atomic E-state index is 0.367. The lowest BCUT2D eigenvalue weighted by Gasteiger charge is -2.40. The lowest BCUT2D eigenvalue weighted by molar-refractivity contribution is 0.0775. The molecule has 1 fully saturated rings. The van der Waals surface area contributed by atoms with E-state index in [0.717, 1.165) is 25.6 Å². The van der Waals surface area contributed by atoms with Gasteiger partial charge in [0.2, 0.25) is 0 Å². The fraction of sp³-hybridized carbons (Fsp3) is 1.00. The van der Waals surface area contributed by atoms with Crippen molar-refractivity contribution in [2.75, 3.05) is 13.2 Å². The number of ether oxygens (including phenoxy) is 1. The van der Waals surface area contributed by atoms with E-state index in [4.69, 9.17) is 16.3 Å². The molecule has 0 saturated heterocycles. The lowest BCUT2D eigenvalue weighted by Crippen LogP contribution is -2.33. The highest BCUT2D eigenvalue weighted by Gasteiger charge is 2.34. The van der Waals surface area contributed by atoms with E-state index < -0.39 is 0 Å². The van der Waals surface area contributed by atoms with Crippen LogP contribution in [0.2, 0.25) is 0 Å². The monoisotopic (exact) mass is 274 g/mol. The standard InChI is InChI=1S/C16H31ClO/c1-12(2)11-18-9-8-13-10-14(16(3,4)5)6-7-15(13)17/h12-15H,6-11H2,1-5H3. The maximum Gasteiger partial charge on any atom is 0.0488 e. The van der Waals surface area contributed by atoms with Gasteiger partial charge in [-0.05, 0) is 48.9 Å². The average molecular weight is 275 g/mol. The van der Waals surface area contributed by atoms with Crippen molar-refractivity contribution in [3.05, 3.63) is 0 Å². The third-order valence-corrected chi connectivity index (χ3v) is 4.77. The van der Waals surface area contributed by atoms with Crippen molar-refractivity contribution in [3.8, 4) is 0 Å². The van der Waals surface area contributed by atoms with Crippen LogP contribution in [0.4, 0.5) is 0 Å². The molecule has 0 spiro atoms. The van der Waals surface area contributed by atoms with Crippen molar-refractivity contribution in [1.29, 1.82) is 0 Å². The molecule has 1 aliphatic rings. The van der Waals surface area contributed by atoms with Gasteiger partial charge in [0.15, 0.2) is 0 Å². The minimum Gasteiger partial charge on any atom is -0.381 e. The summed E-state index contributed by atoms with van der Waals surface area (Å²) in [5.74, 6) is 2.10. The van der Waals surface area contributed by atoms with E-state index >= 15 is 0 Å². The molecule has 0 aliphatic heterocycles. The van der Waals surface area contributed by atoms with Crippen LogP contribution in [0, 0.1) is 23.2 Å². The van der Waals surface area contributed by atoms with Crippen LogP contribution in [-0.2, 0) is 4.74 Å². The number of rotatable bonds is 5. The van der Waals surface area contributed by atoms with Gasteiger partial charge in [0.05, 0.1) is 0 Å². The molecule has 1 aliphatic carbocycles. The van der Waals surface area contributed by atoms with Crippen molar-refractivity contribution >= 4 is 11.6 Å². The molecule has 3 unspecified atom stereocenters. The molecule has 1 nitrogen and oxygen atoms in total. The quantitative estimate of drug-likeness (QED) is 0.499. The van der Waals surface area contributed by atoms with E-state index in [2.05, 4.69) is 34.6 Å². The lowest BCUT2D eigenvalue weighted by atomic mass is 9.68. The van der Waals surface area contributed by atoms with Gasteiger partial charge in [0.1, 0.15) is 0 Å². The molecule has 108 valence electrons. The zero-order valence-corrected chi connectivity index (χ0v) is 13.6. The molecular weight excluding hydrogens is 244 g/mol. The van der Waals surface area contributed by atoms with Gasteiger partial charge in [-0.25, -0.2) is 0 Å². The first-order chi connectivity index (χ1) is 8.30. The van der Waals surface area contributed by atoms with Crippen molar-refractivity contribution in [2.45, 2.75) is 65.7 Å². The summed E-state index contributed by atoms with van der Waals surface area (Å²) < 4.78 is 5.71. The predicted molar refractivity (Wildman–Crippen MR) is 80.2 cm³/mol. The first-order valence-corrected chi connectivity index (χ1v) is 7.96. The number of hydrogen-bond donors (Lipinski definition) is 0. The van der Waals surface area contributed by atoms with Crippen LogP contribution < -0.4 is 0 Å². The van der Waals surface area contributed by atoms with Gasteiger partial charge in [-0.1, -0.05) is 34.6 Å². The highest BCUT2D eigenvalue weighted by atomic mass is 35.5. The van der Waals surface area contributed by atoms with Crippen molar-refractivity contribution in [3.63, 3.8) is 0 Å². The summed E-state index contributed by atoms with van der Waals surface area (Å²) in [5, 5.41) is 0.367. The Morgan fingerprint density at radius 2 is 1.89 bits per heavy atom. The maximum atomic E-state index is 6.48. The second kappa shape index (κ2) is 7.14. The van der Waals surface area contributed by atoms with Crippen LogP contribution in [0.25, 0.3) is 0 Å². The highest BCUT2D eigenvalue weighted by Crippen LogP contribution is 2.43. The summed E-state index contributed by atoms with van der Waals surface area (Å²) in [6.07, 6.45) is 4.88. The summed E-state index contributed by atoms with van der Waals surface area (Å²) in [5.41, 5.74) is 0.425. The summed E-state index contributed by atoms with van der Waals surface area (Å²) in [7, 11) is 0. The largest absolute Gasteiger partial charge is 0.381 e. The second-order valence-electron chi connectivity index (χ2n) is 7.41. The Morgan fingerprint density at radius 1 is 1.22 bits per heavy atom. The first kappa shape index (κ1) is 16.3. The summed E-state index contributed by atoms with van der Waals surface area (Å²) in [4.78, 5) is 0. The number of alkyl halides is 1. The zero-order chi connectivity index (χ0) is 13.8. The van der Waals surface area contributed by atoms with E-state index in [9.17, 15) is 0 Å². The van der Waals surface area contributed by atoms with E-state index in [1.807, 2.05) is 0 Å².